The second kappa shape index (κ2) is 5.43. The third-order valence-corrected chi connectivity index (χ3v) is 5.06. The highest BCUT2D eigenvalue weighted by Gasteiger charge is 2.22. The molecule has 2 atom stereocenters. The third-order valence-electron chi connectivity index (χ3n) is 3.87. The molecule has 0 spiro atoms. The summed E-state index contributed by atoms with van der Waals surface area (Å²) in [5, 5.41) is 4.68. The van der Waals surface area contributed by atoms with Gasteiger partial charge in [-0.25, -0.2) is 9.97 Å². The average molecular weight is 276 g/mol. The maximum Gasteiger partial charge on any atom is 0.138 e. The molecule has 2 aromatic heterocycles. The number of rotatable bonds is 3. The number of thiophene rings is 1. The molecule has 0 aromatic carbocycles. The zero-order valence-electron chi connectivity index (χ0n) is 11.2. The van der Waals surface area contributed by atoms with E-state index in [9.17, 15) is 0 Å². The number of nitrogens with two attached hydrogens (primary N) is 1. The lowest BCUT2D eigenvalue weighted by Crippen LogP contribution is -2.42. The molecule has 0 unspecified atom stereocenters. The number of nitrogens with one attached hydrogen (secondary N) is 1. The summed E-state index contributed by atoms with van der Waals surface area (Å²) in [5.74, 6) is 0.948. The smallest absolute Gasteiger partial charge is 0.138 e. The molecule has 0 radical (unpaired) electrons. The number of fused-ring (bicyclic) bond motifs is 1. The zero-order valence-corrected chi connectivity index (χ0v) is 12.0. The Morgan fingerprint density at radius 1 is 1.37 bits per heavy atom. The Kier molecular flexibility index (Phi) is 3.66. The van der Waals surface area contributed by atoms with Gasteiger partial charge in [0.2, 0.25) is 0 Å². The summed E-state index contributed by atoms with van der Waals surface area (Å²) in [7, 11) is 0. The van der Waals surface area contributed by atoms with E-state index < -0.39 is 0 Å². The molecule has 5 heteroatoms. The van der Waals surface area contributed by atoms with E-state index in [4.69, 9.17) is 5.73 Å². The van der Waals surface area contributed by atoms with Crippen molar-refractivity contribution in [2.75, 3.05) is 5.32 Å². The SMILES string of the molecule is CCc1cc2c(N[C@@H]3CCCC[C@H]3N)ncnc2s1. The fourth-order valence-electron chi connectivity index (χ4n) is 2.71. The van der Waals surface area contributed by atoms with Crippen LogP contribution in [0.25, 0.3) is 10.2 Å². The Morgan fingerprint density at radius 2 is 2.21 bits per heavy atom. The minimum absolute atomic E-state index is 0.239. The van der Waals surface area contributed by atoms with Gasteiger partial charge < -0.3 is 11.1 Å². The van der Waals surface area contributed by atoms with Gasteiger partial charge in [0, 0.05) is 17.0 Å². The summed E-state index contributed by atoms with van der Waals surface area (Å²) >= 11 is 1.75. The van der Waals surface area contributed by atoms with Gasteiger partial charge >= 0.3 is 0 Å². The van der Waals surface area contributed by atoms with Gasteiger partial charge in [-0.15, -0.1) is 11.3 Å². The number of nitrogens with zero attached hydrogens (tertiary/aromatic N) is 2. The quantitative estimate of drug-likeness (QED) is 0.904. The molecule has 102 valence electrons. The Labute approximate surface area is 117 Å². The first-order valence-electron chi connectivity index (χ1n) is 7.03. The molecular formula is C14H20N4S. The normalized spacial score (nSPS) is 23.7. The van der Waals surface area contributed by atoms with Gasteiger partial charge in [-0.3, -0.25) is 0 Å². The van der Waals surface area contributed by atoms with Gasteiger partial charge in [0.1, 0.15) is 17.0 Å². The second-order valence-electron chi connectivity index (χ2n) is 5.21. The van der Waals surface area contributed by atoms with Crippen LogP contribution < -0.4 is 11.1 Å². The van der Waals surface area contributed by atoms with Gasteiger partial charge in [-0.1, -0.05) is 19.8 Å². The fraction of sp³-hybridized carbons (Fsp3) is 0.571. The Balaban J connectivity index is 1.89. The standard InChI is InChI=1S/C14H20N4S/c1-2-9-7-10-13(16-8-17-14(10)19-9)18-12-6-4-3-5-11(12)15/h7-8,11-12H,2-6,15H2,1H3,(H,16,17,18)/t11-,12-/m1/s1. The van der Waals surface area contributed by atoms with Crippen molar-refractivity contribution in [2.45, 2.75) is 51.1 Å². The van der Waals surface area contributed by atoms with Gasteiger partial charge in [-0.05, 0) is 25.3 Å². The highest BCUT2D eigenvalue weighted by Crippen LogP contribution is 2.30. The number of aryl methyl sites for hydroxylation is 1. The van der Waals surface area contributed by atoms with Crippen molar-refractivity contribution in [3.05, 3.63) is 17.3 Å². The lowest BCUT2D eigenvalue weighted by molar-refractivity contribution is 0.403. The molecule has 1 fully saturated rings. The van der Waals surface area contributed by atoms with Crippen molar-refractivity contribution in [1.29, 1.82) is 0 Å². The van der Waals surface area contributed by atoms with Crippen LogP contribution in [0, 0.1) is 0 Å². The van der Waals surface area contributed by atoms with Gasteiger partial charge in [0.05, 0.1) is 5.39 Å². The van der Waals surface area contributed by atoms with E-state index in [2.05, 4.69) is 28.3 Å². The molecule has 0 saturated heterocycles. The second-order valence-corrected chi connectivity index (χ2v) is 6.32. The molecule has 2 heterocycles. The molecule has 3 rings (SSSR count). The van der Waals surface area contributed by atoms with Crippen LogP contribution in [-0.2, 0) is 6.42 Å². The highest BCUT2D eigenvalue weighted by atomic mass is 32.1. The average Bonchev–Trinajstić information content (AvgIpc) is 2.85. The Morgan fingerprint density at radius 3 is 3.00 bits per heavy atom. The van der Waals surface area contributed by atoms with Crippen molar-refractivity contribution in [1.82, 2.24) is 9.97 Å². The first kappa shape index (κ1) is 12.8. The predicted molar refractivity (Wildman–Crippen MR) is 80.6 cm³/mol. The number of hydrogen-bond donors (Lipinski definition) is 2. The van der Waals surface area contributed by atoms with E-state index in [-0.39, 0.29) is 6.04 Å². The van der Waals surface area contributed by atoms with Crippen LogP contribution in [0.1, 0.15) is 37.5 Å². The van der Waals surface area contributed by atoms with Crippen LogP contribution in [0.15, 0.2) is 12.4 Å². The van der Waals surface area contributed by atoms with Gasteiger partial charge in [-0.2, -0.15) is 0 Å². The van der Waals surface area contributed by atoms with Crippen molar-refractivity contribution in [3.63, 3.8) is 0 Å². The van der Waals surface area contributed by atoms with Crippen LogP contribution in [-0.4, -0.2) is 22.1 Å². The minimum Gasteiger partial charge on any atom is -0.365 e. The van der Waals surface area contributed by atoms with E-state index in [0.29, 0.717) is 6.04 Å². The summed E-state index contributed by atoms with van der Waals surface area (Å²) in [4.78, 5) is 11.2. The number of hydrogen-bond acceptors (Lipinski definition) is 5. The van der Waals surface area contributed by atoms with Crippen LogP contribution in [0.3, 0.4) is 0 Å². The number of aromatic nitrogens is 2. The predicted octanol–water partition coefficient (Wildman–Crippen LogP) is 2.94. The number of anilines is 1. The summed E-state index contributed by atoms with van der Waals surface area (Å²) < 4.78 is 0. The molecule has 0 amide bonds. The Hall–Kier alpha value is -1.20. The molecule has 3 N–H and O–H groups in total. The first-order valence-corrected chi connectivity index (χ1v) is 7.85. The van der Waals surface area contributed by atoms with Crippen molar-refractivity contribution in [2.24, 2.45) is 5.73 Å². The molecule has 0 aliphatic heterocycles. The first-order chi connectivity index (χ1) is 9.28. The molecule has 1 saturated carbocycles. The third kappa shape index (κ3) is 2.58. The van der Waals surface area contributed by atoms with Crippen molar-refractivity contribution < 1.29 is 0 Å². The maximum atomic E-state index is 6.20. The van der Waals surface area contributed by atoms with Crippen molar-refractivity contribution >= 4 is 27.4 Å². The lowest BCUT2D eigenvalue weighted by Gasteiger charge is -2.29. The molecule has 1 aliphatic rings. The summed E-state index contributed by atoms with van der Waals surface area (Å²) in [5.41, 5.74) is 6.20. The summed E-state index contributed by atoms with van der Waals surface area (Å²) in [6.45, 7) is 2.17. The molecular weight excluding hydrogens is 256 g/mol. The summed E-state index contributed by atoms with van der Waals surface area (Å²) in [6, 6.07) is 2.79. The fourth-order valence-corrected chi connectivity index (χ4v) is 3.64. The monoisotopic (exact) mass is 276 g/mol. The van der Waals surface area contributed by atoms with Crippen molar-refractivity contribution in [3.8, 4) is 0 Å². The lowest BCUT2D eigenvalue weighted by atomic mass is 9.91. The van der Waals surface area contributed by atoms with E-state index >= 15 is 0 Å². The van der Waals surface area contributed by atoms with Gasteiger partial charge in [0.25, 0.3) is 0 Å². The van der Waals surface area contributed by atoms with E-state index in [0.717, 1.165) is 35.3 Å². The molecule has 0 bridgehead atoms. The molecule has 19 heavy (non-hydrogen) atoms. The highest BCUT2D eigenvalue weighted by molar-refractivity contribution is 7.18. The van der Waals surface area contributed by atoms with Gasteiger partial charge in [0.15, 0.2) is 0 Å². The van der Waals surface area contributed by atoms with E-state index in [1.165, 1.54) is 17.7 Å². The van der Waals surface area contributed by atoms with E-state index in [1.807, 2.05) is 0 Å². The van der Waals surface area contributed by atoms with Crippen LogP contribution in [0.4, 0.5) is 5.82 Å². The molecule has 1 aliphatic carbocycles. The minimum atomic E-state index is 0.239. The molecule has 4 nitrogen and oxygen atoms in total. The maximum absolute atomic E-state index is 6.20. The zero-order chi connectivity index (χ0) is 13.2. The van der Waals surface area contributed by atoms with Crippen LogP contribution in [0.2, 0.25) is 0 Å². The molecule has 2 aromatic rings. The van der Waals surface area contributed by atoms with E-state index in [1.54, 1.807) is 17.7 Å². The summed E-state index contributed by atoms with van der Waals surface area (Å²) in [6.07, 6.45) is 7.44. The van der Waals surface area contributed by atoms with Crippen LogP contribution >= 0.6 is 11.3 Å². The topological polar surface area (TPSA) is 63.8 Å². The van der Waals surface area contributed by atoms with Crippen LogP contribution in [0.5, 0.6) is 0 Å². The Bertz CT molecular complexity index is 566. The largest absolute Gasteiger partial charge is 0.365 e.